The third-order valence-corrected chi connectivity index (χ3v) is 4.73. The predicted octanol–water partition coefficient (Wildman–Crippen LogP) is 3.86. The fourth-order valence-electron chi connectivity index (χ4n) is 2.31. The Kier molecular flexibility index (Phi) is 6.62. The summed E-state index contributed by atoms with van der Waals surface area (Å²) in [7, 11) is 0. The molecule has 2 aromatic carbocycles. The second kappa shape index (κ2) is 9.34. The number of aromatic nitrogens is 2. The lowest BCUT2D eigenvalue weighted by Gasteiger charge is -2.11. The van der Waals surface area contributed by atoms with Crippen molar-refractivity contribution in [3.05, 3.63) is 60.2 Å². The number of hydrogen-bond acceptors (Lipinski definition) is 7. The van der Waals surface area contributed by atoms with Crippen molar-refractivity contribution < 1.29 is 19.1 Å². The van der Waals surface area contributed by atoms with Gasteiger partial charge in [0.25, 0.3) is 5.22 Å². The molecule has 0 bridgehead atoms. The van der Waals surface area contributed by atoms with Gasteiger partial charge in [0.2, 0.25) is 5.89 Å². The monoisotopic (exact) mass is 384 g/mol. The number of hydrogen-bond donors (Lipinski definition) is 1. The average Bonchev–Trinajstić information content (AvgIpc) is 3.20. The van der Waals surface area contributed by atoms with Crippen molar-refractivity contribution in [3.8, 4) is 17.2 Å². The van der Waals surface area contributed by atoms with Gasteiger partial charge < -0.3 is 14.3 Å². The largest absolute Gasteiger partial charge is 0.491 e. The van der Waals surface area contributed by atoms with E-state index in [0.29, 0.717) is 34.6 Å². The van der Waals surface area contributed by atoms with Crippen LogP contribution in [0.25, 0.3) is 11.5 Å². The Hall–Kier alpha value is -2.64. The van der Waals surface area contributed by atoms with E-state index in [1.807, 2.05) is 37.3 Å². The maximum Gasteiger partial charge on any atom is 0.276 e. The topological polar surface area (TPSA) is 85.5 Å². The highest BCUT2D eigenvalue weighted by Gasteiger charge is 2.12. The van der Waals surface area contributed by atoms with Crippen molar-refractivity contribution >= 4 is 17.5 Å². The second-order valence-electron chi connectivity index (χ2n) is 5.82. The molecule has 1 N–H and O–H groups in total. The van der Waals surface area contributed by atoms with Crippen molar-refractivity contribution in [2.24, 2.45) is 0 Å². The van der Waals surface area contributed by atoms with Crippen LogP contribution in [-0.4, -0.2) is 39.6 Å². The third-order valence-electron chi connectivity index (χ3n) is 3.77. The van der Waals surface area contributed by atoms with E-state index in [4.69, 9.17) is 9.15 Å². The van der Waals surface area contributed by atoms with Gasteiger partial charge >= 0.3 is 0 Å². The molecule has 1 heterocycles. The van der Waals surface area contributed by atoms with Gasteiger partial charge in [0.05, 0.1) is 6.10 Å². The van der Waals surface area contributed by atoms with Crippen molar-refractivity contribution in [3.63, 3.8) is 0 Å². The Balaban J connectivity index is 1.45. The lowest BCUT2D eigenvalue weighted by Crippen LogP contribution is -2.20. The van der Waals surface area contributed by atoms with E-state index in [9.17, 15) is 9.90 Å². The van der Waals surface area contributed by atoms with Gasteiger partial charge in [-0.25, -0.2) is 0 Å². The summed E-state index contributed by atoms with van der Waals surface area (Å²) in [5, 5.41) is 18.5. The minimum atomic E-state index is -0.695. The van der Waals surface area contributed by atoms with Crippen LogP contribution in [0.5, 0.6) is 5.75 Å². The van der Waals surface area contributed by atoms with Crippen molar-refractivity contribution in [2.45, 2.75) is 24.7 Å². The lowest BCUT2D eigenvalue weighted by molar-refractivity contribution is 0.0987. The number of carbonyl (C=O) groups excluding carboxylic acids is 1. The summed E-state index contributed by atoms with van der Waals surface area (Å²) in [4.78, 5) is 11.6. The van der Waals surface area contributed by atoms with Crippen LogP contribution in [0.3, 0.4) is 0 Å². The standard InChI is InChI=1S/C20H20N2O4S/c1-2-18(24)14-8-10-17(11-9-14)25-12-16(23)13-27-20-22-21-19(26-20)15-6-4-3-5-7-15/h3-11,16,23H,2,12-13H2,1H3/t16-/m0/s1. The zero-order chi connectivity index (χ0) is 19.1. The molecule has 0 aliphatic rings. The first-order chi connectivity index (χ1) is 13.2. The molecule has 140 valence electrons. The number of ketones is 1. The first-order valence-corrected chi connectivity index (χ1v) is 9.60. The third kappa shape index (κ3) is 5.42. The Bertz CT molecular complexity index is 865. The van der Waals surface area contributed by atoms with E-state index in [-0.39, 0.29) is 12.4 Å². The molecule has 3 rings (SSSR count). The van der Waals surface area contributed by atoms with Gasteiger partial charge in [-0.3, -0.25) is 4.79 Å². The molecule has 0 saturated heterocycles. The maximum atomic E-state index is 11.6. The molecule has 0 aliphatic carbocycles. The highest BCUT2D eigenvalue weighted by atomic mass is 32.2. The van der Waals surface area contributed by atoms with Crippen molar-refractivity contribution in [1.82, 2.24) is 10.2 Å². The summed E-state index contributed by atoms with van der Waals surface area (Å²) in [6.45, 7) is 1.96. The van der Waals surface area contributed by atoms with Gasteiger partial charge in [0.1, 0.15) is 12.4 Å². The highest BCUT2D eigenvalue weighted by Crippen LogP contribution is 2.23. The van der Waals surface area contributed by atoms with Crippen LogP contribution in [0.4, 0.5) is 0 Å². The lowest BCUT2D eigenvalue weighted by atomic mass is 10.1. The van der Waals surface area contributed by atoms with Crippen LogP contribution in [0.15, 0.2) is 64.2 Å². The predicted molar refractivity (Wildman–Crippen MR) is 103 cm³/mol. The number of carbonyl (C=O) groups is 1. The molecule has 0 unspecified atom stereocenters. The molecule has 6 nitrogen and oxygen atoms in total. The highest BCUT2D eigenvalue weighted by molar-refractivity contribution is 7.99. The number of Topliss-reactive ketones (excluding diaryl/α,β-unsaturated/α-hetero) is 1. The number of rotatable bonds is 9. The molecule has 0 fully saturated rings. The average molecular weight is 384 g/mol. The number of benzene rings is 2. The molecule has 0 radical (unpaired) electrons. The Morgan fingerprint density at radius 1 is 1.15 bits per heavy atom. The van der Waals surface area contributed by atoms with E-state index in [1.54, 1.807) is 24.3 Å². The van der Waals surface area contributed by atoms with Gasteiger partial charge in [0, 0.05) is 23.3 Å². The van der Waals surface area contributed by atoms with E-state index >= 15 is 0 Å². The van der Waals surface area contributed by atoms with Crippen molar-refractivity contribution in [1.29, 1.82) is 0 Å². The zero-order valence-electron chi connectivity index (χ0n) is 14.9. The van der Waals surface area contributed by atoms with E-state index < -0.39 is 6.10 Å². The molecule has 0 spiro atoms. The van der Waals surface area contributed by atoms with Crippen molar-refractivity contribution in [2.75, 3.05) is 12.4 Å². The molecular weight excluding hydrogens is 364 g/mol. The summed E-state index contributed by atoms with van der Waals surface area (Å²) in [6.07, 6.45) is -0.225. The summed E-state index contributed by atoms with van der Waals surface area (Å²) in [5.41, 5.74) is 1.51. The maximum absolute atomic E-state index is 11.6. The van der Waals surface area contributed by atoms with E-state index in [2.05, 4.69) is 10.2 Å². The molecule has 0 saturated carbocycles. The van der Waals surface area contributed by atoms with Crippen LogP contribution in [-0.2, 0) is 0 Å². The fourth-order valence-corrected chi connectivity index (χ4v) is 2.98. The first kappa shape index (κ1) is 19.1. The number of thioether (sulfide) groups is 1. The van der Waals surface area contributed by atoms with Crippen LogP contribution >= 0.6 is 11.8 Å². The molecule has 7 heteroatoms. The van der Waals surface area contributed by atoms with E-state index in [1.165, 1.54) is 11.8 Å². The minimum absolute atomic E-state index is 0.0902. The Labute approximate surface area is 161 Å². The first-order valence-electron chi connectivity index (χ1n) is 8.61. The molecule has 0 amide bonds. The smallest absolute Gasteiger partial charge is 0.276 e. The number of nitrogens with zero attached hydrogens (tertiary/aromatic N) is 2. The molecule has 3 aromatic rings. The number of aliphatic hydroxyl groups excluding tert-OH is 1. The van der Waals surface area contributed by atoms with Crippen LogP contribution in [0.1, 0.15) is 23.7 Å². The summed E-state index contributed by atoms with van der Waals surface area (Å²) in [5.74, 6) is 1.51. The molecule has 27 heavy (non-hydrogen) atoms. The van der Waals surface area contributed by atoms with E-state index in [0.717, 1.165) is 5.56 Å². The van der Waals surface area contributed by atoms with Crippen LogP contribution < -0.4 is 4.74 Å². The van der Waals surface area contributed by atoms with Gasteiger partial charge in [-0.05, 0) is 36.4 Å². The summed E-state index contributed by atoms with van der Waals surface area (Å²) in [6, 6.07) is 16.4. The zero-order valence-corrected chi connectivity index (χ0v) is 15.7. The number of aliphatic hydroxyl groups is 1. The van der Waals surface area contributed by atoms with Crippen LogP contribution in [0.2, 0.25) is 0 Å². The molecule has 1 atom stereocenters. The quantitative estimate of drug-likeness (QED) is 0.443. The summed E-state index contributed by atoms with van der Waals surface area (Å²) >= 11 is 1.27. The minimum Gasteiger partial charge on any atom is -0.491 e. The van der Waals surface area contributed by atoms with Crippen LogP contribution in [0, 0.1) is 0 Å². The second-order valence-corrected chi connectivity index (χ2v) is 6.79. The van der Waals surface area contributed by atoms with Gasteiger partial charge in [0.15, 0.2) is 5.78 Å². The fraction of sp³-hybridized carbons (Fsp3) is 0.250. The SMILES string of the molecule is CCC(=O)c1ccc(OC[C@H](O)CSc2nnc(-c3ccccc3)o2)cc1. The molecule has 0 aliphatic heterocycles. The van der Waals surface area contributed by atoms with Gasteiger partial charge in [-0.2, -0.15) is 0 Å². The Morgan fingerprint density at radius 3 is 2.59 bits per heavy atom. The Morgan fingerprint density at radius 2 is 1.89 bits per heavy atom. The summed E-state index contributed by atoms with van der Waals surface area (Å²) < 4.78 is 11.1. The molecule has 1 aromatic heterocycles. The van der Waals surface area contributed by atoms with Gasteiger partial charge in [-0.15, -0.1) is 10.2 Å². The number of ether oxygens (including phenoxy) is 1. The van der Waals surface area contributed by atoms with Gasteiger partial charge in [-0.1, -0.05) is 36.9 Å². The normalized spacial score (nSPS) is 11.9. The molecular formula is C20H20N2O4S.